The first-order valence-corrected chi connectivity index (χ1v) is 19.1. The number of amides is 1. The van der Waals surface area contributed by atoms with Gasteiger partial charge in [-0.25, -0.2) is 24.5 Å². The van der Waals surface area contributed by atoms with Gasteiger partial charge in [-0.1, -0.05) is 97.1 Å². The highest BCUT2D eigenvalue weighted by Gasteiger charge is 2.54. The lowest BCUT2D eigenvalue weighted by molar-refractivity contribution is -0.137. The van der Waals surface area contributed by atoms with Crippen LogP contribution in [0.5, 0.6) is 0 Å². The number of aromatic nitrogens is 4. The van der Waals surface area contributed by atoms with Crippen LogP contribution in [-0.4, -0.2) is 68.8 Å². The first kappa shape index (κ1) is 37.6. The molecule has 4 aromatic carbocycles. The predicted molar refractivity (Wildman–Crippen MR) is 214 cm³/mol. The van der Waals surface area contributed by atoms with E-state index in [1.54, 1.807) is 72.2 Å². The van der Waals surface area contributed by atoms with E-state index in [1.807, 2.05) is 59.0 Å². The third-order valence-corrected chi connectivity index (χ3v) is 9.75. The fourth-order valence-corrected chi connectivity index (χ4v) is 7.16. The molecule has 1 amide bonds. The van der Waals surface area contributed by atoms with Gasteiger partial charge in [-0.05, 0) is 61.1 Å². The number of anilines is 1. The van der Waals surface area contributed by atoms with Crippen LogP contribution >= 0.6 is 22.6 Å². The lowest BCUT2D eigenvalue weighted by Gasteiger charge is -2.24. The zero-order valence-electron chi connectivity index (χ0n) is 30.0. The number of benzene rings is 4. The van der Waals surface area contributed by atoms with Crippen LogP contribution in [0.15, 0.2) is 128 Å². The molecule has 12 nitrogen and oxygen atoms in total. The molecule has 3 heterocycles. The Morgan fingerprint density at radius 2 is 1.29 bits per heavy atom. The molecule has 13 heteroatoms. The van der Waals surface area contributed by atoms with Gasteiger partial charge in [-0.2, -0.15) is 0 Å². The summed E-state index contributed by atoms with van der Waals surface area (Å²) in [5.41, 5.74) is 3.83. The van der Waals surface area contributed by atoms with Crippen molar-refractivity contribution in [1.82, 2.24) is 24.8 Å². The molecule has 0 bridgehead atoms. The molecule has 0 spiro atoms. The number of hydrogen-bond acceptors (Lipinski definition) is 10. The van der Waals surface area contributed by atoms with Crippen LogP contribution < -0.4 is 10.6 Å². The molecule has 4 unspecified atom stereocenters. The van der Waals surface area contributed by atoms with Gasteiger partial charge in [0.15, 0.2) is 45.4 Å². The summed E-state index contributed by atoms with van der Waals surface area (Å²) in [7, 11) is 0. The molecule has 1 aliphatic rings. The van der Waals surface area contributed by atoms with Gasteiger partial charge >= 0.3 is 11.9 Å². The van der Waals surface area contributed by atoms with Crippen LogP contribution in [0, 0.1) is 9.75 Å². The minimum atomic E-state index is -1.33. The molecule has 1 aliphatic heterocycles. The smallest absolute Gasteiger partial charge is 0.338 e. The monoisotopic (exact) mass is 850 g/mol. The second kappa shape index (κ2) is 17.6. The Bertz CT molecular complexity index is 2180. The Kier molecular flexibility index (Phi) is 12.1. The fraction of sp³-hybridized carbons (Fsp3) is 0.238. The molecule has 2 aromatic heterocycles. The topological polar surface area (TPSA) is 147 Å². The van der Waals surface area contributed by atoms with E-state index in [0.29, 0.717) is 33.9 Å². The van der Waals surface area contributed by atoms with E-state index in [1.165, 1.54) is 17.5 Å². The number of nitrogens with one attached hydrogen (secondary N) is 2. The molecular weight excluding hydrogens is 811 g/mol. The molecule has 0 radical (unpaired) electrons. The second-order valence-corrected chi connectivity index (χ2v) is 14.1. The average molecular weight is 851 g/mol. The van der Waals surface area contributed by atoms with Gasteiger partial charge in [0.2, 0.25) is 0 Å². The van der Waals surface area contributed by atoms with Gasteiger partial charge in [0.1, 0.15) is 0 Å². The number of nitrogens with zero attached hydrogens (tertiary/aromatic N) is 4. The van der Waals surface area contributed by atoms with Crippen molar-refractivity contribution in [3.8, 4) is 0 Å². The maximum Gasteiger partial charge on any atom is 0.338 e. The molecular formula is C42H39IN6O6. The Morgan fingerprint density at radius 3 is 1.84 bits per heavy atom. The number of imidazole rings is 1. The standard InChI is InChI=1S/C42H39IN6O6/c1-2-44-38(50)34-33(54-40(51)30-19-11-5-12-20-30)35(55-41(52)31-21-13-6-14-22-31)39(53-34)49-26-46-32-36(47-42(43)48-37(32)49)45-25-29(23-27-15-7-3-8-16-27)24-28-17-9-4-10-18-28/h3-22,26,29,33-35,39H,2,23-25H2,1H3,(H,44,50)(H,45,47,48). The van der Waals surface area contributed by atoms with Crippen molar-refractivity contribution in [3.05, 3.63) is 154 Å². The first-order chi connectivity index (χ1) is 26.9. The quantitative estimate of drug-likeness (QED) is 0.0715. The summed E-state index contributed by atoms with van der Waals surface area (Å²) in [5, 5.41) is 6.31. The Balaban J connectivity index is 1.23. The van der Waals surface area contributed by atoms with Crippen molar-refractivity contribution in [1.29, 1.82) is 0 Å². The normalized spacial score (nSPS) is 17.9. The number of halogens is 1. The number of fused-ring (bicyclic) bond motifs is 1. The Morgan fingerprint density at radius 1 is 0.764 bits per heavy atom. The van der Waals surface area contributed by atoms with Crippen molar-refractivity contribution in [2.45, 2.75) is 44.3 Å². The number of likely N-dealkylation sites (N-methyl/N-ethyl adjacent to an activating group) is 1. The van der Waals surface area contributed by atoms with Gasteiger partial charge < -0.3 is 24.8 Å². The van der Waals surface area contributed by atoms with Gasteiger partial charge in [0.25, 0.3) is 5.91 Å². The lowest BCUT2D eigenvalue weighted by atomic mass is 9.92. The highest BCUT2D eigenvalue weighted by Crippen LogP contribution is 2.37. The first-order valence-electron chi connectivity index (χ1n) is 18.0. The van der Waals surface area contributed by atoms with E-state index < -0.39 is 42.4 Å². The average Bonchev–Trinajstić information content (AvgIpc) is 3.79. The molecule has 2 N–H and O–H groups in total. The predicted octanol–water partition coefficient (Wildman–Crippen LogP) is 6.43. The van der Waals surface area contributed by atoms with Gasteiger partial charge in [0, 0.05) is 35.7 Å². The van der Waals surface area contributed by atoms with Crippen LogP contribution in [0.3, 0.4) is 0 Å². The zero-order chi connectivity index (χ0) is 38.1. The highest BCUT2D eigenvalue weighted by molar-refractivity contribution is 14.1. The van der Waals surface area contributed by atoms with Gasteiger partial charge in [-0.15, -0.1) is 0 Å². The van der Waals surface area contributed by atoms with Crippen LogP contribution in [0.4, 0.5) is 5.82 Å². The van der Waals surface area contributed by atoms with Crippen molar-refractivity contribution in [2.75, 3.05) is 18.4 Å². The van der Waals surface area contributed by atoms with Crippen molar-refractivity contribution < 1.29 is 28.6 Å². The summed E-state index contributed by atoms with van der Waals surface area (Å²) < 4.78 is 20.5. The summed E-state index contributed by atoms with van der Waals surface area (Å²) in [5.74, 6) is -1.19. The summed E-state index contributed by atoms with van der Waals surface area (Å²) in [4.78, 5) is 54.8. The highest BCUT2D eigenvalue weighted by atomic mass is 127. The third-order valence-electron chi connectivity index (χ3n) is 9.26. The van der Waals surface area contributed by atoms with Crippen molar-refractivity contribution in [2.24, 2.45) is 5.92 Å². The summed E-state index contributed by atoms with van der Waals surface area (Å²) >= 11 is 2.05. The number of ether oxygens (including phenoxy) is 3. The summed E-state index contributed by atoms with van der Waals surface area (Å²) in [6.07, 6.45) is -1.91. The van der Waals surface area contributed by atoms with Crippen LogP contribution in [0.1, 0.15) is 45.0 Å². The molecule has 4 atom stereocenters. The van der Waals surface area contributed by atoms with Gasteiger partial charge in [0.05, 0.1) is 17.5 Å². The Hall–Kier alpha value is -5.67. The summed E-state index contributed by atoms with van der Waals surface area (Å²) in [6, 6.07) is 37.6. The number of carbonyl (C=O) groups is 3. The minimum Gasteiger partial charge on any atom is -0.451 e. The third kappa shape index (κ3) is 9.01. The van der Waals surface area contributed by atoms with Gasteiger partial charge in [-0.3, -0.25) is 9.36 Å². The molecule has 0 saturated carbocycles. The van der Waals surface area contributed by atoms with Crippen LogP contribution in [-0.2, 0) is 31.8 Å². The van der Waals surface area contributed by atoms with Crippen LogP contribution in [0.25, 0.3) is 11.2 Å². The number of hydrogen-bond donors (Lipinski definition) is 2. The van der Waals surface area contributed by atoms with E-state index in [-0.39, 0.29) is 17.0 Å². The maximum absolute atomic E-state index is 13.6. The van der Waals surface area contributed by atoms with E-state index in [0.717, 1.165) is 12.8 Å². The molecule has 1 fully saturated rings. The molecule has 1 saturated heterocycles. The fourth-order valence-electron chi connectivity index (χ4n) is 6.69. The maximum atomic E-state index is 13.6. The van der Waals surface area contributed by atoms with Crippen LogP contribution in [0.2, 0.25) is 0 Å². The molecule has 0 aliphatic carbocycles. The molecule has 280 valence electrons. The molecule has 55 heavy (non-hydrogen) atoms. The zero-order valence-corrected chi connectivity index (χ0v) is 32.1. The van der Waals surface area contributed by atoms with E-state index in [2.05, 4.69) is 34.9 Å². The molecule has 6 aromatic rings. The lowest BCUT2D eigenvalue weighted by Crippen LogP contribution is -2.46. The van der Waals surface area contributed by atoms with E-state index in [4.69, 9.17) is 29.2 Å². The second-order valence-electron chi connectivity index (χ2n) is 13.1. The Labute approximate surface area is 331 Å². The van der Waals surface area contributed by atoms with Crippen molar-refractivity contribution in [3.63, 3.8) is 0 Å². The van der Waals surface area contributed by atoms with E-state index in [9.17, 15) is 14.4 Å². The largest absolute Gasteiger partial charge is 0.451 e. The number of rotatable bonds is 14. The number of esters is 2. The molecule has 7 rings (SSSR count). The minimum absolute atomic E-state index is 0.215. The van der Waals surface area contributed by atoms with Crippen molar-refractivity contribution >= 4 is 57.4 Å². The SMILES string of the molecule is CCNC(=O)C1OC(n2cnc3c(NCC(Cc4ccccc4)Cc4ccccc4)nc(I)nc32)C(OC(=O)c2ccccc2)C1OC(=O)c1ccccc1. The van der Waals surface area contributed by atoms with E-state index >= 15 is 0 Å². The number of carbonyl (C=O) groups excluding carboxylic acids is 3. The summed E-state index contributed by atoms with van der Waals surface area (Å²) in [6.45, 7) is 2.65.